The number of rotatable bonds is 4. The van der Waals surface area contributed by atoms with Crippen LogP contribution in [0, 0.1) is 0 Å². The number of fused-ring (bicyclic) bond motifs is 2. The van der Waals surface area contributed by atoms with Gasteiger partial charge in [-0.25, -0.2) is 9.97 Å². The summed E-state index contributed by atoms with van der Waals surface area (Å²) in [6.07, 6.45) is 2.93. The molecule has 25 heavy (non-hydrogen) atoms. The van der Waals surface area contributed by atoms with Gasteiger partial charge in [0.25, 0.3) is 0 Å². The van der Waals surface area contributed by atoms with Crippen LogP contribution >= 0.6 is 0 Å². The maximum absolute atomic E-state index is 10.0. The zero-order valence-electron chi connectivity index (χ0n) is 14.8. The minimum absolute atomic E-state index is 0.647. The van der Waals surface area contributed by atoms with Gasteiger partial charge in [0.15, 0.2) is 0 Å². The topological polar surface area (TPSA) is 73.3 Å². The van der Waals surface area contributed by atoms with Crippen LogP contribution < -0.4 is 10.6 Å². The van der Waals surface area contributed by atoms with E-state index >= 15 is 0 Å². The molecule has 0 amide bonds. The Kier molecular flexibility index (Phi) is 4.19. The molecular formula is C19H25N5O. The Balaban J connectivity index is 1.48. The fraction of sp³-hybridized carbons (Fsp3) is 0.474. The summed E-state index contributed by atoms with van der Waals surface area (Å²) in [6, 6.07) is 6.40. The SMILES string of the molecule is CC(C)(O)CN1Cc2ccc(Nc3ncc4c(n3)CNCC4)cc2C1. The van der Waals surface area contributed by atoms with Crippen LogP contribution in [0.5, 0.6) is 0 Å². The number of benzene rings is 1. The largest absolute Gasteiger partial charge is 0.389 e. The summed E-state index contributed by atoms with van der Waals surface area (Å²) in [5, 5.41) is 16.7. The molecule has 132 valence electrons. The van der Waals surface area contributed by atoms with Gasteiger partial charge < -0.3 is 15.7 Å². The van der Waals surface area contributed by atoms with Crippen LogP contribution in [0.2, 0.25) is 0 Å². The smallest absolute Gasteiger partial charge is 0.227 e. The molecule has 0 unspecified atom stereocenters. The van der Waals surface area contributed by atoms with E-state index in [1.165, 1.54) is 16.7 Å². The molecule has 1 aromatic carbocycles. The second-order valence-electron chi connectivity index (χ2n) is 7.66. The van der Waals surface area contributed by atoms with E-state index in [0.717, 1.165) is 44.0 Å². The highest BCUT2D eigenvalue weighted by Gasteiger charge is 2.24. The summed E-state index contributed by atoms with van der Waals surface area (Å²) in [5.74, 6) is 0.647. The Morgan fingerprint density at radius 1 is 1.24 bits per heavy atom. The van der Waals surface area contributed by atoms with Gasteiger partial charge in [-0.2, -0.15) is 0 Å². The maximum Gasteiger partial charge on any atom is 0.227 e. The van der Waals surface area contributed by atoms with Crippen molar-refractivity contribution in [3.05, 3.63) is 46.8 Å². The van der Waals surface area contributed by atoms with Gasteiger partial charge in [-0.3, -0.25) is 4.90 Å². The van der Waals surface area contributed by atoms with Gasteiger partial charge >= 0.3 is 0 Å². The van der Waals surface area contributed by atoms with E-state index in [4.69, 9.17) is 0 Å². The number of hydrogen-bond acceptors (Lipinski definition) is 6. The lowest BCUT2D eigenvalue weighted by Gasteiger charge is -2.24. The predicted octanol–water partition coefficient (Wildman–Crippen LogP) is 1.95. The Morgan fingerprint density at radius 2 is 2.08 bits per heavy atom. The number of nitrogens with one attached hydrogen (secondary N) is 2. The first-order chi connectivity index (χ1) is 12.0. The zero-order chi connectivity index (χ0) is 17.4. The van der Waals surface area contributed by atoms with E-state index < -0.39 is 5.60 Å². The molecule has 2 aliphatic heterocycles. The molecule has 0 radical (unpaired) electrons. The van der Waals surface area contributed by atoms with E-state index in [9.17, 15) is 5.11 Å². The van der Waals surface area contributed by atoms with Crippen molar-refractivity contribution in [2.45, 2.75) is 45.5 Å². The summed E-state index contributed by atoms with van der Waals surface area (Å²) in [4.78, 5) is 11.4. The molecule has 0 saturated carbocycles. The van der Waals surface area contributed by atoms with E-state index in [-0.39, 0.29) is 0 Å². The highest BCUT2D eigenvalue weighted by molar-refractivity contribution is 5.56. The fourth-order valence-corrected chi connectivity index (χ4v) is 3.62. The van der Waals surface area contributed by atoms with Gasteiger partial charge in [-0.05, 0) is 55.6 Å². The Morgan fingerprint density at radius 3 is 2.92 bits per heavy atom. The summed E-state index contributed by atoms with van der Waals surface area (Å²) in [7, 11) is 0. The number of nitrogens with zero attached hydrogens (tertiary/aromatic N) is 3. The Hall–Kier alpha value is -2.02. The lowest BCUT2D eigenvalue weighted by atomic mass is 10.1. The van der Waals surface area contributed by atoms with Crippen molar-refractivity contribution in [1.82, 2.24) is 20.2 Å². The van der Waals surface area contributed by atoms with Crippen LogP contribution in [-0.2, 0) is 26.1 Å². The number of anilines is 2. The molecule has 0 saturated heterocycles. The van der Waals surface area contributed by atoms with Crippen LogP contribution in [0.1, 0.15) is 36.2 Å². The van der Waals surface area contributed by atoms with Crippen molar-refractivity contribution < 1.29 is 5.11 Å². The number of aliphatic hydroxyl groups is 1. The number of aromatic nitrogens is 2. The van der Waals surface area contributed by atoms with Crippen LogP contribution in [-0.4, -0.2) is 38.7 Å². The van der Waals surface area contributed by atoms with Gasteiger partial charge in [-0.15, -0.1) is 0 Å². The van der Waals surface area contributed by atoms with Crippen LogP contribution in [0.4, 0.5) is 11.6 Å². The van der Waals surface area contributed by atoms with Crippen molar-refractivity contribution in [3.63, 3.8) is 0 Å². The predicted molar refractivity (Wildman–Crippen MR) is 97.6 cm³/mol. The first-order valence-electron chi connectivity index (χ1n) is 8.85. The van der Waals surface area contributed by atoms with Gasteiger partial charge in [-0.1, -0.05) is 6.07 Å². The third-order valence-electron chi connectivity index (χ3n) is 4.68. The number of β-amino-alcohol motifs (C(OH)–C–C–N with tert-alkyl or cyclic N) is 1. The number of hydrogen-bond donors (Lipinski definition) is 3. The molecule has 0 bridgehead atoms. The second-order valence-corrected chi connectivity index (χ2v) is 7.66. The molecule has 3 heterocycles. The summed E-state index contributed by atoms with van der Waals surface area (Å²) < 4.78 is 0. The molecule has 6 nitrogen and oxygen atoms in total. The third kappa shape index (κ3) is 3.81. The first-order valence-corrected chi connectivity index (χ1v) is 8.85. The quantitative estimate of drug-likeness (QED) is 0.791. The maximum atomic E-state index is 10.0. The summed E-state index contributed by atoms with van der Waals surface area (Å²) in [6.45, 7) is 7.93. The van der Waals surface area contributed by atoms with E-state index in [1.807, 2.05) is 20.0 Å². The van der Waals surface area contributed by atoms with Crippen molar-refractivity contribution >= 4 is 11.6 Å². The summed E-state index contributed by atoms with van der Waals surface area (Å²) in [5.41, 5.74) is 5.28. The van der Waals surface area contributed by atoms with Crippen molar-refractivity contribution in [2.75, 3.05) is 18.4 Å². The molecule has 4 rings (SSSR count). The van der Waals surface area contributed by atoms with Crippen LogP contribution in [0.15, 0.2) is 24.4 Å². The Bertz CT molecular complexity index is 784. The van der Waals surface area contributed by atoms with Gasteiger partial charge in [0.2, 0.25) is 5.95 Å². The van der Waals surface area contributed by atoms with E-state index in [1.54, 1.807) is 0 Å². The van der Waals surface area contributed by atoms with Crippen LogP contribution in [0.25, 0.3) is 0 Å². The molecule has 0 atom stereocenters. The first kappa shape index (κ1) is 16.4. The average molecular weight is 339 g/mol. The molecule has 3 N–H and O–H groups in total. The lowest BCUT2D eigenvalue weighted by Crippen LogP contribution is -2.35. The Labute approximate surface area is 148 Å². The zero-order valence-corrected chi connectivity index (χ0v) is 14.8. The van der Waals surface area contributed by atoms with E-state index in [0.29, 0.717) is 12.5 Å². The minimum atomic E-state index is -0.672. The van der Waals surface area contributed by atoms with E-state index in [2.05, 4.69) is 43.7 Å². The van der Waals surface area contributed by atoms with Gasteiger partial charge in [0.1, 0.15) is 0 Å². The average Bonchev–Trinajstić information content (AvgIpc) is 2.94. The van der Waals surface area contributed by atoms with Gasteiger partial charge in [0, 0.05) is 38.1 Å². The molecule has 0 aliphatic carbocycles. The van der Waals surface area contributed by atoms with Crippen molar-refractivity contribution in [1.29, 1.82) is 0 Å². The van der Waals surface area contributed by atoms with Crippen molar-refractivity contribution in [2.24, 2.45) is 0 Å². The van der Waals surface area contributed by atoms with Gasteiger partial charge in [0.05, 0.1) is 11.3 Å². The van der Waals surface area contributed by atoms with Crippen molar-refractivity contribution in [3.8, 4) is 0 Å². The lowest BCUT2D eigenvalue weighted by molar-refractivity contribution is 0.0350. The third-order valence-corrected chi connectivity index (χ3v) is 4.68. The standard InChI is InChI=1S/C19H25N5O/c1-19(2,25)12-24-10-14-3-4-16(7-15(14)11-24)22-18-21-8-13-5-6-20-9-17(13)23-18/h3-4,7-8,20,25H,5-6,9-12H2,1-2H3,(H,21,22,23). The molecule has 6 heteroatoms. The fourth-order valence-electron chi connectivity index (χ4n) is 3.62. The molecule has 0 spiro atoms. The highest BCUT2D eigenvalue weighted by atomic mass is 16.3. The molecule has 1 aromatic heterocycles. The molecule has 0 fully saturated rings. The highest BCUT2D eigenvalue weighted by Crippen LogP contribution is 2.28. The molecular weight excluding hydrogens is 314 g/mol. The normalized spacial score (nSPS) is 17.2. The minimum Gasteiger partial charge on any atom is -0.389 e. The monoisotopic (exact) mass is 339 g/mol. The molecule has 2 aromatic rings. The summed E-state index contributed by atoms with van der Waals surface area (Å²) >= 11 is 0. The van der Waals surface area contributed by atoms with Crippen LogP contribution in [0.3, 0.4) is 0 Å². The molecule has 2 aliphatic rings. The second kappa shape index (κ2) is 6.37.